The van der Waals surface area contributed by atoms with Crippen molar-refractivity contribution in [3.8, 4) is 0 Å². The number of hydrogen-bond acceptors (Lipinski definition) is 1. The molecule has 2 rings (SSSR count). The molecule has 0 amide bonds. The average molecular weight is 149 g/mol. The van der Waals surface area contributed by atoms with E-state index in [9.17, 15) is 0 Å². The molecule has 1 saturated carbocycles. The molecule has 0 heterocycles. The van der Waals surface area contributed by atoms with Gasteiger partial charge in [-0.1, -0.05) is 23.3 Å². The van der Waals surface area contributed by atoms with Crippen LogP contribution in [0.1, 0.15) is 19.3 Å². The maximum atomic E-state index is 3.22. The molecule has 1 atom stereocenters. The van der Waals surface area contributed by atoms with Crippen molar-refractivity contribution < 1.29 is 0 Å². The minimum absolute atomic E-state index is 0.877. The van der Waals surface area contributed by atoms with Crippen LogP contribution in [0, 0.1) is 5.92 Å². The highest BCUT2D eigenvalue weighted by Crippen LogP contribution is 2.38. The SMILES string of the molecule is CNCC1=CC=C2CCC1C2. The van der Waals surface area contributed by atoms with E-state index in [-0.39, 0.29) is 0 Å². The standard InChI is InChI=1S/C10H15N/c1-11-7-10-5-3-8-2-4-9(10)6-8/h3,5,9,11H,2,4,6-7H2,1H3. The quantitative estimate of drug-likeness (QED) is 0.632. The lowest BCUT2D eigenvalue weighted by molar-refractivity contribution is 0.616. The molecular formula is C10H15N. The van der Waals surface area contributed by atoms with Gasteiger partial charge in [0.25, 0.3) is 0 Å². The molecule has 1 unspecified atom stereocenters. The largest absolute Gasteiger partial charge is 0.316 e. The number of allylic oxidation sites excluding steroid dienone is 3. The molecule has 2 bridgehead atoms. The second-order valence-corrected chi connectivity index (χ2v) is 3.54. The Morgan fingerprint density at radius 2 is 2.45 bits per heavy atom. The number of likely N-dealkylation sites (N-methyl/N-ethyl adjacent to an activating group) is 1. The van der Waals surface area contributed by atoms with Crippen molar-refractivity contribution in [3.05, 3.63) is 23.3 Å². The Hall–Kier alpha value is -0.560. The Kier molecular flexibility index (Phi) is 1.82. The van der Waals surface area contributed by atoms with E-state index in [1.807, 2.05) is 7.05 Å². The topological polar surface area (TPSA) is 12.0 Å². The third-order valence-electron chi connectivity index (χ3n) is 2.76. The first-order valence-corrected chi connectivity index (χ1v) is 4.43. The van der Waals surface area contributed by atoms with Gasteiger partial charge in [-0.2, -0.15) is 0 Å². The van der Waals surface area contributed by atoms with E-state index in [2.05, 4.69) is 17.5 Å². The summed E-state index contributed by atoms with van der Waals surface area (Å²) in [5.74, 6) is 0.877. The van der Waals surface area contributed by atoms with Crippen LogP contribution < -0.4 is 5.32 Å². The lowest BCUT2D eigenvalue weighted by Gasteiger charge is -2.15. The Labute approximate surface area is 68.2 Å². The molecule has 0 spiro atoms. The molecule has 0 aliphatic heterocycles. The van der Waals surface area contributed by atoms with Crippen LogP contribution in [0.5, 0.6) is 0 Å². The summed E-state index contributed by atoms with van der Waals surface area (Å²) < 4.78 is 0. The van der Waals surface area contributed by atoms with Crippen LogP contribution in [0.3, 0.4) is 0 Å². The van der Waals surface area contributed by atoms with Gasteiger partial charge in [0.2, 0.25) is 0 Å². The fourth-order valence-corrected chi connectivity index (χ4v) is 2.12. The fourth-order valence-electron chi connectivity index (χ4n) is 2.12. The molecule has 1 fully saturated rings. The number of nitrogens with one attached hydrogen (secondary N) is 1. The molecule has 2 aliphatic carbocycles. The van der Waals surface area contributed by atoms with E-state index in [0.29, 0.717) is 0 Å². The smallest absolute Gasteiger partial charge is 0.0167 e. The molecule has 0 saturated heterocycles. The normalized spacial score (nSPS) is 28.3. The summed E-state index contributed by atoms with van der Waals surface area (Å²) in [6, 6.07) is 0. The third kappa shape index (κ3) is 1.25. The molecule has 0 aromatic rings. The molecule has 0 aromatic carbocycles. The van der Waals surface area contributed by atoms with Crippen molar-refractivity contribution in [1.82, 2.24) is 5.32 Å². The van der Waals surface area contributed by atoms with Crippen LogP contribution >= 0.6 is 0 Å². The number of rotatable bonds is 2. The summed E-state index contributed by atoms with van der Waals surface area (Å²) in [7, 11) is 2.02. The Morgan fingerprint density at radius 3 is 3.27 bits per heavy atom. The molecule has 1 N–H and O–H groups in total. The van der Waals surface area contributed by atoms with Crippen LogP contribution in [-0.2, 0) is 0 Å². The maximum Gasteiger partial charge on any atom is 0.0167 e. The molecular weight excluding hydrogens is 134 g/mol. The van der Waals surface area contributed by atoms with Crippen molar-refractivity contribution >= 4 is 0 Å². The van der Waals surface area contributed by atoms with Gasteiger partial charge in [0.15, 0.2) is 0 Å². The molecule has 0 aromatic heterocycles. The van der Waals surface area contributed by atoms with E-state index in [4.69, 9.17) is 0 Å². The highest BCUT2D eigenvalue weighted by atomic mass is 14.8. The zero-order chi connectivity index (χ0) is 7.68. The Bertz CT molecular complexity index is 213. The van der Waals surface area contributed by atoms with Crippen molar-refractivity contribution in [2.45, 2.75) is 19.3 Å². The highest BCUT2D eigenvalue weighted by molar-refractivity contribution is 5.31. The fraction of sp³-hybridized carbons (Fsp3) is 0.600. The summed E-state index contributed by atoms with van der Waals surface area (Å²) in [6.45, 7) is 1.08. The lowest BCUT2D eigenvalue weighted by Crippen LogP contribution is -2.16. The highest BCUT2D eigenvalue weighted by Gasteiger charge is 2.24. The van der Waals surface area contributed by atoms with Gasteiger partial charge in [0, 0.05) is 6.54 Å². The molecule has 0 radical (unpaired) electrons. The third-order valence-corrected chi connectivity index (χ3v) is 2.76. The van der Waals surface area contributed by atoms with E-state index in [1.165, 1.54) is 19.3 Å². The Morgan fingerprint density at radius 1 is 1.55 bits per heavy atom. The maximum absolute atomic E-state index is 3.22. The monoisotopic (exact) mass is 149 g/mol. The van der Waals surface area contributed by atoms with Crippen LogP contribution in [0.25, 0.3) is 0 Å². The van der Waals surface area contributed by atoms with E-state index < -0.39 is 0 Å². The van der Waals surface area contributed by atoms with Gasteiger partial charge in [-0.15, -0.1) is 0 Å². The van der Waals surface area contributed by atoms with Crippen LogP contribution in [0.2, 0.25) is 0 Å². The van der Waals surface area contributed by atoms with Crippen LogP contribution in [0.4, 0.5) is 0 Å². The predicted molar refractivity (Wildman–Crippen MR) is 47.4 cm³/mol. The van der Waals surface area contributed by atoms with Gasteiger partial charge in [-0.25, -0.2) is 0 Å². The van der Waals surface area contributed by atoms with E-state index in [0.717, 1.165) is 12.5 Å². The summed E-state index contributed by atoms with van der Waals surface area (Å²) >= 11 is 0. The first kappa shape index (κ1) is 7.11. The minimum Gasteiger partial charge on any atom is -0.316 e. The molecule has 11 heavy (non-hydrogen) atoms. The van der Waals surface area contributed by atoms with Crippen molar-refractivity contribution in [2.75, 3.05) is 13.6 Å². The number of hydrogen-bond donors (Lipinski definition) is 1. The van der Waals surface area contributed by atoms with E-state index in [1.54, 1.807) is 11.1 Å². The van der Waals surface area contributed by atoms with Crippen molar-refractivity contribution in [3.63, 3.8) is 0 Å². The summed E-state index contributed by atoms with van der Waals surface area (Å²) in [5.41, 5.74) is 3.27. The Balaban J connectivity index is 2.12. The zero-order valence-electron chi connectivity index (χ0n) is 7.06. The zero-order valence-corrected chi connectivity index (χ0v) is 7.06. The second-order valence-electron chi connectivity index (χ2n) is 3.54. The molecule has 1 heteroatoms. The van der Waals surface area contributed by atoms with Crippen molar-refractivity contribution in [1.29, 1.82) is 0 Å². The van der Waals surface area contributed by atoms with E-state index >= 15 is 0 Å². The van der Waals surface area contributed by atoms with Gasteiger partial charge in [0.05, 0.1) is 0 Å². The summed E-state index contributed by atoms with van der Waals surface area (Å²) in [5, 5.41) is 3.22. The van der Waals surface area contributed by atoms with Gasteiger partial charge < -0.3 is 5.32 Å². The average Bonchev–Trinajstić information content (AvgIpc) is 2.40. The molecule has 2 aliphatic rings. The van der Waals surface area contributed by atoms with Crippen molar-refractivity contribution in [2.24, 2.45) is 5.92 Å². The summed E-state index contributed by atoms with van der Waals surface area (Å²) in [6.07, 6.45) is 8.70. The molecule has 1 nitrogen and oxygen atoms in total. The van der Waals surface area contributed by atoms with Crippen LogP contribution in [0.15, 0.2) is 23.3 Å². The van der Waals surface area contributed by atoms with Gasteiger partial charge in [0.1, 0.15) is 0 Å². The first-order valence-electron chi connectivity index (χ1n) is 4.43. The predicted octanol–water partition coefficient (Wildman–Crippen LogP) is 1.87. The van der Waals surface area contributed by atoms with Gasteiger partial charge in [-0.3, -0.25) is 0 Å². The summed E-state index contributed by atoms with van der Waals surface area (Å²) in [4.78, 5) is 0. The lowest BCUT2D eigenvalue weighted by atomic mass is 9.93. The second kappa shape index (κ2) is 2.82. The minimum atomic E-state index is 0.877. The van der Waals surface area contributed by atoms with Gasteiger partial charge >= 0.3 is 0 Å². The van der Waals surface area contributed by atoms with Crippen LogP contribution in [-0.4, -0.2) is 13.6 Å². The number of fused-ring (bicyclic) bond motifs is 2. The van der Waals surface area contributed by atoms with Gasteiger partial charge in [-0.05, 0) is 32.2 Å². The first-order chi connectivity index (χ1) is 5.40. The molecule has 60 valence electrons.